The summed E-state index contributed by atoms with van der Waals surface area (Å²) in [5, 5.41) is 4.67. The van der Waals surface area contributed by atoms with Crippen LogP contribution in [0.15, 0.2) is 18.2 Å². The number of piperazine rings is 1. The summed E-state index contributed by atoms with van der Waals surface area (Å²) in [5.41, 5.74) is 6.45. The molecule has 4 rings (SSSR count). The molecule has 35 heavy (non-hydrogen) atoms. The van der Waals surface area contributed by atoms with Gasteiger partial charge in [0.15, 0.2) is 0 Å². The largest absolute Gasteiger partial charge is 0.369 e. The van der Waals surface area contributed by atoms with E-state index < -0.39 is 23.7 Å². The molecule has 1 aromatic carbocycles. The molecule has 4 N–H and O–H groups in total. The van der Waals surface area contributed by atoms with E-state index in [0.717, 1.165) is 39.0 Å². The number of likely N-dealkylation sites (tertiary alicyclic amines) is 1. The number of nitrogens with zero attached hydrogens (tertiary/aromatic N) is 3. The Hall–Kier alpha value is -3.05. The lowest BCUT2D eigenvalue weighted by Crippen LogP contribution is -2.52. The van der Waals surface area contributed by atoms with Gasteiger partial charge in [-0.3, -0.25) is 29.4 Å². The maximum atomic E-state index is 14.8. The molecule has 0 bridgehead atoms. The molecule has 3 heterocycles. The van der Waals surface area contributed by atoms with Crippen molar-refractivity contribution in [3.05, 3.63) is 29.6 Å². The smallest absolute Gasteiger partial charge is 0.254 e. The summed E-state index contributed by atoms with van der Waals surface area (Å²) in [6.45, 7) is 5.07. The molecule has 0 spiro atoms. The number of nitrogens with one attached hydrogen (secondary N) is 2. The van der Waals surface area contributed by atoms with Gasteiger partial charge in [0.25, 0.3) is 5.91 Å². The predicted octanol–water partition coefficient (Wildman–Crippen LogP) is -0.177. The third-order valence-electron chi connectivity index (χ3n) is 7.01. The van der Waals surface area contributed by atoms with Crippen molar-refractivity contribution in [3.63, 3.8) is 0 Å². The van der Waals surface area contributed by atoms with Gasteiger partial charge in [0.2, 0.25) is 17.7 Å². The number of imide groups is 1. The van der Waals surface area contributed by atoms with E-state index in [-0.39, 0.29) is 36.3 Å². The Bertz CT molecular complexity index is 973. The lowest BCUT2D eigenvalue weighted by Gasteiger charge is -2.36. The molecule has 10 nitrogen and oxygen atoms in total. The van der Waals surface area contributed by atoms with Crippen LogP contribution in [-0.4, -0.2) is 91.3 Å². The first-order valence-corrected chi connectivity index (χ1v) is 12.2. The fraction of sp³-hybridized carbons (Fsp3) is 0.583. The van der Waals surface area contributed by atoms with Gasteiger partial charge in [0.1, 0.15) is 11.9 Å². The average molecular weight is 489 g/mol. The third-order valence-corrected chi connectivity index (χ3v) is 7.01. The Morgan fingerprint density at radius 2 is 1.77 bits per heavy atom. The Kier molecular flexibility index (Phi) is 7.97. The zero-order valence-electron chi connectivity index (χ0n) is 19.8. The minimum Gasteiger partial charge on any atom is -0.369 e. The highest BCUT2D eigenvalue weighted by Gasteiger charge is 2.29. The molecule has 1 atom stereocenters. The number of halogens is 1. The van der Waals surface area contributed by atoms with Gasteiger partial charge in [-0.25, -0.2) is 4.39 Å². The highest BCUT2D eigenvalue weighted by atomic mass is 19.1. The molecule has 3 fully saturated rings. The molecule has 1 aromatic rings. The van der Waals surface area contributed by atoms with Gasteiger partial charge < -0.3 is 20.9 Å². The van der Waals surface area contributed by atoms with E-state index in [4.69, 9.17) is 5.73 Å². The number of rotatable bonds is 6. The van der Waals surface area contributed by atoms with Crippen molar-refractivity contribution in [1.82, 2.24) is 20.4 Å². The Morgan fingerprint density at radius 1 is 1.06 bits per heavy atom. The fourth-order valence-electron chi connectivity index (χ4n) is 4.74. The van der Waals surface area contributed by atoms with Crippen molar-refractivity contribution in [3.8, 4) is 0 Å². The summed E-state index contributed by atoms with van der Waals surface area (Å²) in [5.74, 6) is -2.14. The summed E-state index contributed by atoms with van der Waals surface area (Å²) >= 11 is 0. The van der Waals surface area contributed by atoms with Crippen LogP contribution in [0, 0.1) is 5.82 Å². The van der Waals surface area contributed by atoms with E-state index in [1.54, 1.807) is 6.07 Å². The van der Waals surface area contributed by atoms with Gasteiger partial charge in [-0.05, 0) is 37.5 Å². The lowest BCUT2D eigenvalue weighted by molar-refractivity contribution is -0.135. The van der Waals surface area contributed by atoms with Crippen LogP contribution in [-0.2, 0) is 14.4 Å². The maximum absolute atomic E-state index is 14.8. The van der Waals surface area contributed by atoms with Crippen molar-refractivity contribution in [2.24, 2.45) is 5.73 Å². The Morgan fingerprint density at radius 3 is 2.43 bits per heavy atom. The number of nitrogens with two attached hydrogens (primary N) is 1. The third kappa shape index (κ3) is 6.34. The fourth-order valence-corrected chi connectivity index (χ4v) is 4.74. The number of benzene rings is 1. The average Bonchev–Trinajstić information content (AvgIpc) is 2.85. The van der Waals surface area contributed by atoms with Gasteiger partial charge in [-0.15, -0.1) is 0 Å². The second-order valence-corrected chi connectivity index (χ2v) is 9.44. The van der Waals surface area contributed by atoms with Crippen molar-refractivity contribution < 1.29 is 23.6 Å². The van der Waals surface area contributed by atoms with E-state index in [2.05, 4.69) is 20.4 Å². The molecule has 3 aliphatic heterocycles. The van der Waals surface area contributed by atoms with E-state index in [9.17, 15) is 23.6 Å². The van der Waals surface area contributed by atoms with E-state index in [0.29, 0.717) is 31.7 Å². The van der Waals surface area contributed by atoms with Crippen LogP contribution >= 0.6 is 0 Å². The summed E-state index contributed by atoms with van der Waals surface area (Å²) in [7, 11) is 0. The van der Waals surface area contributed by atoms with Gasteiger partial charge >= 0.3 is 0 Å². The molecule has 4 amide bonds. The number of anilines is 1. The van der Waals surface area contributed by atoms with Crippen LogP contribution in [0.25, 0.3) is 0 Å². The van der Waals surface area contributed by atoms with Gasteiger partial charge in [0, 0.05) is 70.4 Å². The zero-order valence-corrected chi connectivity index (χ0v) is 19.8. The molecule has 3 aliphatic rings. The molecule has 0 radical (unpaired) electrons. The Balaban J connectivity index is 1.24. The number of carbonyl (C=O) groups is 4. The summed E-state index contributed by atoms with van der Waals surface area (Å²) in [4.78, 5) is 54.2. The monoisotopic (exact) mass is 488 g/mol. The second kappa shape index (κ2) is 11.1. The van der Waals surface area contributed by atoms with E-state index in [1.807, 2.05) is 4.90 Å². The molecule has 3 saturated heterocycles. The number of piperidine rings is 2. The maximum Gasteiger partial charge on any atom is 0.254 e. The van der Waals surface area contributed by atoms with Gasteiger partial charge in [-0.1, -0.05) is 0 Å². The molecule has 11 heteroatoms. The van der Waals surface area contributed by atoms with Crippen LogP contribution in [0.2, 0.25) is 0 Å². The molecule has 1 unspecified atom stereocenters. The minimum atomic E-state index is -0.855. The minimum absolute atomic E-state index is 0.130. The van der Waals surface area contributed by atoms with Crippen LogP contribution in [0.3, 0.4) is 0 Å². The highest BCUT2D eigenvalue weighted by Crippen LogP contribution is 2.21. The summed E-state index contributed by atoms with van der Waals surface area (Å²) in [6, 6.07) is 3.79. The normalized spacial score (nSPS) is 22.2. The summed E-state index contributed by atoms with van der Waals surface area (Å²) < 4.78 is 14.8. The van der Waals surface area contributed by atoms with Crippen molar-refractivity contribution in [2.75, 3.05) is 50.7 Å². The van der Waals surface area contributed by atoms with Crippen molar-refractivity contribution in [2.45, 2.75) is 44.2 Å². The first-order valence-electron chi connectivity index (χ1n) is 12.2. The number of hydrogen-bond acceptors (Lipinski definition) is 7. The number of carbonyl (C=O) groups excluding carboxylic acids is 4. The van der Waals surface area contributed by atoms with Crippen molar-refractivity contribution in [1.29, 1.82) is 0 Å². The molecule has 190 valence electrons. The topological polar surface area (TPSA) is 128 Å². The van der Waals surface area contributed by atoms with E-state index in [1.165, 1.54) is 12.1 Å². The molecular formula is C24H33FN6O4. The highest BCUT2D eigenvalue weighted by molar-refractivity contribution is 6.03. The second-order valence-electron chi connectivity index (χ2n) is 9.44. The molecule has 0 saturated carbocycles. The zero-order chi connectivity index (χ0) is 24.9. The first-order chi connectivity index (χ1) is 16.8. The van der Waals surface area contributed by atoms with Gasteiger partial charge in [0.05, 0.1) is 5.56 Å². The lowest BCUT2D eigenvalue weighted by atomic mass is 10.1. The quantitative estimate of drug-likeness (QED) is 0.474. The van der Waals surface area contributed by atoms with Crippen molar-refractivity contribution >= 4 is 29.3 Å². The molecule has 0 aliphatic carbocycles. The summed E-state index contributed by atoms with van der Waals surface area (Å²) in [6.07, 6.45) is 2.53. The van der Waals surface area contributed by atoms with Gasteiger partial charge in [-0.2, -0.15) is 0 Å². The number of hydrogen-bond donors (Lipinski definition) is 3. The van der Waals surface area contributed by atoms with Crippen LogP contribution in [0.4, 0.5) is 10.1 Å². The first kappa shape index (κ1) is 25.1. The Labute approximate surface area is 204 Å². The SMILES string of the molecule is NC1CCN(C(=O)CCN2CCN(c3ccc(C(=O)NC4CCC(=O)NC4=O)c(F)c3)CC2)CC1. The van der Waals surface area contributed by atoms with Crippen LogP contribution in [0.1, 0.15) is 42.5 Å². The van der Waals surface area contributed by atoms with Crippen LogP contribution in [0.5, 0.6) is 0 Å². The predicted molar refractivity (Wildman–Crippen MR) is 127 cm³/mol. The molecule has 0 aromatic heterocycles. The van der Waals surface area contributed by atoms with Crippen LogP contribution < -0.4 is 21.3 Å². The molecular weight excluding hydrogens is 455 g/mol. The van der Waals surface area contributed by atoms with E-state index >= 15 is 0 Å². The number of amides is 4. The standard InChI is InChI=1S/C24H33FN6O4/c25-19-15-17(1-2-18(19)23(34)27-20-3-4-21(32)28-24(20)35)30-13-11-29(12-14-30)8-7-22(33)31-9-5-16(26)6-10-31/h1-2,15-16,20H,3-14,26H2,(H,27,34)(H,28,32,35).